The van der Waals surface area contributed by atoms with Gasteiger partial charge in [-0.15, -0.1) is 24.0 Å². The average molecular weight is 521 g/mol. The maximum absolute atomic E-state index is 11.8. The summed E-state index contributed by atoms with van der Waals surface area (Å²) in [6.45, 7) is 6.08. The van der Waals surface area contributed by atoms with Crippen LogP contribution in [0.2, 0.25) is 0 Å². The molecule has 29 heavy (non-hydrogen) atoms. The largest absolute Gasteiger partial charge is 0.450 e. The molecule has 1 fully saturated rings. The molecule has 1 aromatic rings. The molecule has 0 atom stereocenters. The molecule has 0 saturated carbocycles. The molecule has 1 aliphatic heterocycles. The first-order chi connectivity index (χ1) is 13.5. The fraction of sp³-hybridized carbons (Fsp3) is 0.556. The highest BCUT2D eigenvalue weighted by atomic mass is 127. The molecule has 1 heterocycles. The lowest BCUT2D eigenvalue weighted by molar-refractivity contribution is -0.384. The third kappa shape index (κ3) is 8.01. The summed E-state index contributed by atoms with van der Waals surface area (Å²) in [6, 6.07) is 6.35. The number of ether oxygens (including phenoxy) is 2. The SMILES string of the molecule is CCOC(=O)N1CCN(C(=NCc2ccc([N+](=O)[O-])cc2)NCCOC)CC1.I. The Morgan fingerprint density at radius 1 is 1.21 bits per heavy atom. The van der Waals surface area contributed by atoms with Gasteiger partial charge >= 0.3 is 6.09 Å². The second-order valence-corrected chi connectivity index (χ2v) is 6.16. The number of nitro benzene ring substituents is 1. The van der Waals surface area contributed by atoms with E-state index in [1.54, 1.807) is 31.1 Å². The van der Waals surface area contributed by atoms with E-state index in [1.165, 1.54) is 12.1 Å². The molecule has 0 spiro atoms. The monoisotopic (exact) mass is 521 g/mol. The molecule has 2 rings (SSSR count). The second-order valence-electron chi connectivity index (χ2n) is 6.16. The summed E-state index contributed by atoms with van der Waals surface area (Å²) >= 11 is 0. The van der Waals surface area contributed by atoms with Gasteiger partial charge in [0.25, 0.3) is 5.69 Å². The van der Waals surface area contributed by atoms with E-state index >= 15 is 0 Å². The molecule has 0 bridgehead atoms. The fourth-order valence-corrected chi connectivity index (χ4v) is 2.74. The Hall–Kier alpha value is -2.15. The van der Waals surface area contributed by atoms with E-state index in [1.807, 2.05) is 0 Å². The molecule has 1 aliphatic rings. The molecule has 10 nitrogen and oxygen atoms in total. The van der Waals surface area contributed by atoms with Gasteiger partial charge in [0.2, 0.25) is 0 Å². The van der Waals surface area contributed by atoms with Crippen LogP contribution in [0.15, 0.2) is 29.3 Å². The van der Waals surface area contributed by atoms with E-state index in [0.29, 0.717) is 52.5 Å². The van der Waals surface area contributed by atoms with Gasteiger partial charge in [-0.25, -0.2) is 9.79 Å². The highest BCUT2D eigenvalue weighted by Gasteiger charge is 2.23. The summed E-state index contributed by atoms with van der Waals surface area (Å²) in [5.41, 5.74) is 0.933. The third-order valence-corrected chi connectivity index (χ3v) is 4.25. The maximum atomic E-state index is 11.8. The molecule has 1 aromatic carbocycles. The van der Waals surface area contributed by atoms with Crippen LogP contribution in [0.3, 0.4) is 0 Å². The number of methoxy groups -OCH3 is 1. The molecule has 0 unspecified atom stereocenters. The zero-order valence-corrected chi connectivity index (χ0v) is 19.0. The number of hydrogen-bond donors (Lipinski definition) is 1. The Bertz CT molecular complexity index is 678. The van der Waals surface area contributed by atoms with E-state index in [9.17, 15) is 14.9 Å². The van der Waals surface area contributed by atoms with Gasteiger partial charge in [0.15, 0.2) is 5.96 Å². The van der Waals surface area contributed by atoms with Crippen LogP contribution in [0.25, 0.3) is 0 Å². The van der Waals surface area contributed by atoms with Gasteiger partial charge in [-0.3, -0.25) is 10.1 Å². The normalized spacial score (nSPS) is 14.2. The quantitative estimate of drug-likeness (QED) is 0.146. The van der Waals surface area contributed by atoms with E-state index < -0.39 is 4.92 Å². The average Bonchev–Trinajstić information content (AvgIpc) is 2.71. The Morgan fingerprint density at radius 3 is 2.38 bits per heavy atom. The molecular formula is C18H28IN5O5. The van der Waals surface area contributed by atoms with Crippen LogP contribution in [0, 0.1) is 10.1 Å². The molecule has 11 heteroatoms. The fourth-order valence-electron chi connectivity index (χ4n) is 2.74. The van der Waals surface area contributed by atoms with Crippen molar-refractivity contribution >= 4 is 41.7 Å². The van der Waals surface area contributed by atoms with Crippen molar-refractivity contribution in [3.63, 3.8) is 0 Å². The minimum absolute atomic E-state index is 0. The first-order valence-electron chi connectivity index (χ1n) is 9.22. The molecule has 0 aromatic heterocycles. The number of benzene rings is 1. The number of guanidine groups is 1. The van der Waals surface area contributed by atoms with Crippen molar-refractivity contribution in [1.29, 1.82) is 0 Å². The Balaban J connectivity index is 0.00000420. The van der Waals surface area contributed by atoms with Gasteiger partial charge in [0.1, 0.15) is 0 Å². The molecule has 162 valence electrons. The van der Waals surface area contributed by atoms with Crippen LogP contribution in [0.5, 0.6) is 0 Å². The predicted molar refractivity (Wildman–Crippen MR) is 120 cm³/mol. The number of non-ortho nitro benzene ring substituents is 1. The van der Waals surface area contributed by atoms with Gasteiger partial charge in [0.05, 0.1) is 24.7 Å². The van der Waals surface area contributed by atoms with Crippen molar-refractivity contribution in [3.05, 3.63) is 39.9 Å². The lowest BCUT2D eigenvalue weighted by Gasteiger charge is -2.36. The molecule has 1 N–H and O–H groups in total. The highest BCUT2D eigenvalue weighted by Crippen LogP contribution is 2.13. The number of nitrogens with one attached hydrogen (secondary N) is 1. The van der Waals surface area contributed by atoms with Crippen LogP contribution in [0.4, 0.5) is 10.5 Å². The molecule has 0 aliphatic carbocycles. The van der Waals surface area contributed by atoms with Gasteiger partial charge < -0.3 is 24.6 Å². The Kier molecular flexibility index (Phi) is 11.3. The second kappa shape index (κ2) is 13.1. The highest BCUT2D eigenvalue weighted by molar-refractivity contribution is 14.0. The number of hydrogen-bond acceptors (Lipinski definition) is 6. The van der Waals surface area contributed by atoms with E-state index in [0.717, 1.165) is 11.5 Å². The zero-order chi connectivity index (χ0) is 20.4. The lowest BCUT2D eigenvalue weighted by Crippen LogP contribution is -2.54. The number of rotatable bonds is 7. The summed E-state index contributed by atoms with van der Waals surface area (Å²) < 4.78 is 10.1. The van der Waals surface area contributed by atoms with Crippen LogP contribution in [0.1, 0.15) is 12.5 Å². The molecule has 1 saturated heterocycles. The number of carbonyl (C=O) groups is 1. The van der Waals surface area contributed by atoms with Gasteiger partial charge in [0, 0.05) is 52.0 Å². The minimum Gasteiger partial charge on any atom is -0.450 e. The van der Waals surface area contributed by atoms with Crippen molar-refractivity contribution in [3.8, 4) is 0 Å². The van der Waals surface area contributed by atoms with Crippen LogP contribution in [-0.2, 0) is 16.0 Å². The minimum atomic E-state index is -0.423. The summed E-state index contributed by atoms with van der Waals surface area (Å²) in [4.78, 5) is 30.6. The van der Waals surface area contributed by atoms with Crippen molar-refractivity contribution in [2.45, 2.75) is 13.5 Å². The van der Waals surface area contributed by atoms with Gasteiger partial charge in [-0.05, 0) is 12.5 Å². The Morgan fingerprint density at radius 2 is 1.83 bits per heavy atom. The van der Waals surface area contributed by atoms with Crippen molar-refractivity contribution < 1.29 is 19.2 Å². The molecule has 1 amide bonds. The number of nitrogens with zero attached hydrogens (tertiary/aromatic N) is 4. The summed E-state index contributed by atoms with van der Waals surface area (Å²) in [5.74, 6) is 0.721. The number of piperazine rings is 1. The number of carbonyl (C=O) groups excluding carboxylic acids is 1. The summed E-state index contributed by atoms with van der Waals surface area (Å²) in [6.07, 6.45) is -0.293. The Labute approximate surface area is 187 Å². The predicted octanol–water partition coefficient (Wildman–Crippen LogP) is 2.08. The third-order valence-electron chi connectivity index (χ3n) is 4.25. The summed E-state index contributed by atoms with van der Waals surface area (Å²) in [7, 11) is 1.63. The number of halogens is 1. The van der Waals surface area contributed by atoms with Crippen LogP contribution in [-0.4, -0.2) is 79.8 Å². The zero-order valence-electron chi connectivity index (χ0n) is 16.7. The van der Waals surface area contributed by atoms with Crippen molar-refractivity contribution in [2.24, 2.45) is 4.99 Å². The van der Waals surface area contributed by atoms with E-state index in [2.05, 4.69) is 15.2 Å². The summed E-state index contributed by atoms with van der Waals surface area (Å²) in [5, 5.41) is 14.0. The first kappa shape index (κ1) is 24.9. The van der Waals surface area contributed by atoms with Crippen molar-refractivity contribution in [1.82, 2.24) is 15.1 Å². The molecule has 0 radical (unpaired) electrons. The number of amides is 1. The van der Waals surface area contributed by atoms with E-state index in [4.69, 9.17) is 9.47 Å². The van der Waals surface area contributed by atoms with Crippen LogP contribution < -0.4 is 5.32 Å². The van der Waals surface area contributed by atoms with Gasteiger partial charge in [-0.1, -0.05) is 12.1 Å². The van der Waals surface area contributed by atoms with Crippen LogP contribution >= 0.6 is 24.0 Å². The first-order valence-corrected chi connectivity index (χ1v) is 9.22. The van der Waals surface area contributed by atoms with Crippen molar-refractivity contribution in [2.75, 3.05) is 53.0 Å². The number of aliphatic imine (C=N–C) groups is 1. The number of nitro groups is 1. The van der Waals surface area contributed by atoms with E-state index in [-0.39, 0.29) is 35.8 Å². The molecular weight excluding hydrogens is 493 g/mol. The van der Waals surface area contributed by atoms with Gasteiger partial charge in [-0.2, -0.15) is 0 Å². The topological polar surface area (TPSA) is 110 Å². The standard InChI is InChI=1S/C18H27N5O5.HI/c1-3-28-18(24)22-11-9-21(10-12-22)17(19-8-13-27-2)20-14-15-4-6-16(7-5-15)23(25)26;/h4-7H,3,8-14H2,1-2H3,(H,19,20);1H. The maximum Gasteiger partial charge on any atom is 0.409 e. The lowest BCUT2D eigenvalue weighted by atomic mass is 10.2. The smallest absolute Gasteiger partial charge is 0.409 e.